The van der Waals surface area contributed by atoms with E-state index in [0.717, 1.165) is 16.9 Å². The molecule has 2 aromatic carbocycles. The van der Waals surface area contributed by atoms with E-state index in [0.29, 0.717) is 45.0 Å². The molecule has 3 rings (SSSR count). The van der Waals surface area contributed by atoms with Gasteiger partial charge in [0.2, 0.25) is 5.91 Å². The minimum atomic E-state index is -0.283. The molecule has 3 amide bonds. The molecule has 1 heterocycles. The van der Waals surface area contributed by atoms with E-state index in [1.165, 1.54) is 5.56 Å². The van der Waals surface area contributed by atoms with E-state index in [1.807, 2.05) is 83.9 Å². The predicted molar refractivity (Wildman–Crippen MR) is 143 cm³/mol. The SMILES string of the molecule is CCOCCCN(CC(=O)N(Cc1ccccc1)Cc1cccs1)C(=O)Nc1ccc(CC)cc1. The van der Waals surface area contributed by atoms with Crippen molar-refractivity contribution in [1.82, 2.24) is 9.80 Å². The van der Waals surface area contributed by atoms with Crippen molar-refractivity contribution in [3.05, 3.63) is 88.1 Å². The number of urea groups is 1. The van der Waals surface area contributed by atoms with Crippen molar-refractivity contribution in [2.45, 2.75) is 39.8 Å². The van der Waals surface area contributed by atoms with E-state index in [1.54, 1.807) is 16.2 Å². The molecule has 0 saturated carbocycles. The maximum absolute atomic E-state index is 13.5. The van der Waals surface area contributed by atoms with Crippen molar-refractivity contribution in [2.75, 3.05) is 31.6 Å². The molecule has 0 radical (unpaired) electrons. The van der Waals surface area contributed by atoms with Crippen LogP contribution in [0.3, 0.4) is 0 Å². The molecule has 0 aliphatic carbocycles. The maximum atomic E-state index is 13.5. The summed E-state index contributed by atoms with van der Waals surface area (Å²) in [5, 5.41) is 4.96. The first kappa shape index (κ1) is 26.4. The third-order valence-corrected chi connectivity index (χ3v) is 6.50. The molecular formula is C28H35N3O3S. The number of nitrogens with zero attached hydrogens (tertiary/aromatic N) is 2. The Balaban J connectivity index is 1.72. The zero-order chi connectivity index (χ0) is 24.9. The number of nitrogens with one attached hydrogen (secondary N) is 1. The number of thiophene rings is 1. The summed E-state index contributed by atoms with van der Waals surface area (Å²) < 4.78 is 5.46. The highest BCUT2D eigenvalue weighted by atomic mass is 32.1. The van der Waals surface area contributed by atoms with E-state index >= 15 is 0 Å². The van der Waals surface area contributed by atoms with Gasteiger partial charge in [0.05, 0.1) is 6.54 Å². The first-order chi connectivity index (χ1) is 17.1. The zero-order valence-electron chi connectivity index (χ0n) is 20.6. The van der Waals surface area contributed by atoms with Gasteiger partial charge >= 0.3 is 6.03 Å². The molecule has 3 aromatic rings. The quantitative estimate of drug-likeness (QED) is 0.306. The van der Waals surface area contributed by atoms with Crippen LogP contribution in [0.1, 0.15) is 36.3 Å². The molecule has 7 heteroatoms. The highest BCUT2D eigenvalue weighted by Crippen LogP contribution is 2.16. The Labute approximate surface area is 212 Å². The summed E-state index contributed by atoms with van der Waals surface area (Å²) in [6.45, 7) is 6.65. The Morgan fingerprint density at radius 3 is 2.31 bits per heavy atom. The van der Waals surface area contributed by atoms with Gasteiger partial charge in [-0.05, 0) is 54.5 Å². The number of ether oxygens (including phenoxy) is 1. The number of aryl methyl sites for hydroxylation is 1. The third-order valence-electron chi connectivity index (χ3n) is 5.64. The second-order valence-corrected chi connectivity index (χ2v) is 9.30. The van der Waals surface area contributed by atoms with Crippen LogP contribution in [0.4, 0.5) is 10.5 Å². The number of rotatable bonds is 13. The second-order valence-electron chi connectivity index (χ2n) is 8.27. The molecule has 6 nitrogen and oxygen atoms in total. The fourth-order valence-corrected chi connectivity index (χ4v) is 4.39. The topological polar surface area (TPSA) is 61.9 Å². The molecule has 0 fully saturated rings. The summed E-state index contributed by atoms with van der Waals surface area (Å²) in [4.78, 5) is 31.2. The lowest BCUT2D eigenvalue weighted by Gasteiger charge is -2.28. The smallest absolute Gasteiger partial charge is 0.322 e. The molecule has 0 saturated heterocycles. The lowest BCUT2D eigenvalue weighted by atomic mass is 10.1. The molecule has 186 valence electrons. The minimum absolute atomic E-state index is 0.00319. The van der Waals surface area contributed by atoms with Crippen LogP contribution >= 0.6 is 11.3 Å². The van der Waals surface area contributed by atoms with Crippen molar-refractivity contribution < 1.29 is 14.3 Å². The van der Waals surface area contributed by atoms with Crippen LogP contribution in [-0.2, 0) is 29.0 Å². The summed E-state index contributed by atoms with van der Waals surface area (Å²) in [6.07, 6.45) is 1.60. The molecule has 0 unspecified atom stereocenters. The Morgan fingerprint density at radius 2 is 1.66 bits per heavy atom. The molecule has 0 aliphatic rings. The summed E-state index contributed by atoms with van der Waals surface area (Å²) in [5.74, 6) is -0.0878. The Hall–Kier alpha value is -3.16. The standard InChI is InChI=1S/C28H35N3O3S/c1-3-23-13-15-25(16-14-23)29-28(33)30(17-9-18-34-4-2)22-27(32)31(21-26-12-8-19-35-26)20-24-10-6-5-7-11-24/h5-8,10-16,19H,3-4,9,17-18,20-22H2,1-2H3,(H,29,33). The molecule has 0 atom stereocenters. The number of amides is 3. The molecule has 1 N–H and O–H groups in total. The van der Waals surface area contributed by atoms with Crippen LogP contribution in [0.5, 0.6) is 0 Å². The van der Waals surface area contributed by atoms with Gasteiger partial charge in [-0.1, -0.05) is 55.5 Å². The molecule has 35 heavy (non-hydrogen) atoms. The summed E-state index contributed by atoms with van der Waals surface area (Å²) in [7, 11) is 0. The Kier molecular flexibility index (Phi) is 10.8. The molecule has 0 aliphatic heterocycles. The number of hydrogen-bond donors (Lipinski definition) is 1. The van der Waals surface area contributed by atoms with E-state index in [9.17, 15) is 9.59 Å². The summed E-state index contributed by atoms with van der Waals surface area (Å²) >= 11 is 1.63. The number of anilines is 1. The van der Waals surface area contributed by atoms with E-state index in [2.05, 4.69) is 12.2 Å². The highest BCUT2D eigenvalue weighted by Gasteiger charge is 2.22. The van der Waals surface area contributed by atoms with Gasteiger partial charge in [0.25, 0.3) is 0 Å². The lowest BCUT2D eigenvalue weighted by molar-refractivity contribution is -0.133. The molecule has 0 spiro atoms. The predicted octanol–water partition coefficient (Wildman–Crippen LogP) is 5.80. The molecule has 1 aromatic heterocycles. The van der Waals surface area contributed by atoms with Crippen molar-refractivity contribution in [3.63, 3.8) is 0 Å². The normalized spacial score (nSPS) is 10.7. The summed E-state index contributed by atoms with van der Waals surface area (Å²) in [6, 6.07) is 21.5. The maximum Gasteiger partial charge on any atom is 0.322 e. The number of carbonyl (C=O) groups excluding carboxylic acids is 2. The van der Waals surface area contributed by atoms with Gasteiger partial charge < -0.3 is 19.9 Å². The van der Waals surface area contributed by atoms with Crippen LogP contribution in [0.2, 0.25) is 0 Å². The Bertz CT molecular complexity index is 1020. The fraction of sp³-hybridized carbons (Fsp3) is 0.357. The van der Waals surface area contributed by atoms with Gasteiger partial charge in [-0.15, -0.1) is 11.3 Å². The average molecular weight is 494 g/mol. The Morgan fingerprint density at radius 1 is 0.886 bits per heavy atom. The van der Waals surface area contributed by atoms with Crippen LogP contribution < -0.4 is 5.32 Å². The van der Waals surface area contributed by atoms with Crippen LogP contribution in [0, 0.1) is 0 Å². The van der Waals surface area contributed by atoms with E-state index in [-0.39, 0.29) is 18.5 Å². The van der Waals surface area contributed by atoms with Crippen LogP contribution in [-0.4, -0.2) is 48.0 Å². The largest absolute Gasteiger partial charge is 0.382 e. The van der Waals surface area contributed by atoms with Gasteiger partial charge in [-0.25, -0.2) is 4.79 Å². The summed E-state index contributed by atoms with van der Waals surface area (Å²) in [5.41, 5.74) is 2.98. The van der Waals surface area contributed by atoms with Crippen molar-refractivity contribution in [2.24, 2.45) is 0 Å². The monoisotopic (exact) mass is 493 g/mol. The van der Waals surface area contributed by atoms with Crippen LogP contribution in [0.15, 0.2) is 72.1 Å². The number of benzene rings is 2. The van der Waals surface area contributed by atoms with Crippen molar-refractivity contribution in [1.29, 1.82) is 0 Å². The lowest BCUT2D eigenvalue weighted by Crippen LogP contribution is -2.44. The highest BCUT2D eigenvalue weighted by molar-refractivity contribution is 7.09. The number of carbonyl (C=O) groups is 2. The van der Waals surface area contributed by atoms with Crippen molar-refractivity contribution >= 4 is 29.0 Å². The van der Waals surface area contributed by atoms with Gasteiger partial charge in [0.1, 0.15) is 6.54 Å². The van der Waals surface area contributed by atoms with Crippen LogP contribution in [0.25, 0.3) is 0 Å². The van der Waals surface area contributed by atoms with E-state index in [4.69, 9.17) is 4.74 Å². The fourth-order valence-electron chi connectivity index (χ4n) is 3.67. The second kappa shape index (κ2) is 14.3. The third kappa shape index (κ3) is 8.85. The van der Waals surface area contributed by atoms with Gasteiger partial charge in [0, 0.05) is 36.9 Å². The molecular weight excluding hydrogens is 458 g/mol. The van der Waals surface area contributed by atoms with Crippen molar-refractivity contribution in [3.8, 4) is 0 Å². The number of hydrogen-bond acceptors (Lipinski definition) is 4. The first-order valence-corrected chi connectivity index (χ1v) is 13.0. The van der Waals surface area contributed by atoms with E-state index < -0.39 is 0 Å². The van der Waals surface area contributed by atoms with Gasteiger partial charge in [0.15, 0.2) is 0 Å². The van der Waals surface area contributed by atoms with Gasteiger partial charge in [-0.3, -0.25) is 4.79 Å². The zero-order valence-corrected chi connectivity index (χ0v) is 21.4. The first-order valence-electron chi connectivity index (χ1n) is 12.2. The minimum Gasteiger partial charge on any atom is -0.382 e. The average Bonchev–Trinajstić information content (AvgIpc) is 3.39. The molecule has 0 bridgehead atoms. The van der Waals surface area contributed by atoms with Gasteiger partial charge in [-0.2, -0.15) is 0 Å².